The number of aliphatic carboxylic acids is 1. The Morgan fingerprint density at radius 2 is 2.00 bits per heavy atom. The summed E-state index contributed by atoms with van der Waals surface area (Å²) in [6.07, 6.45) is 1.85. The van der Waals surface area contributed by atoms with Crippen molar-refractivity contribution in [1.82, 2.24) is 20.0 Å². The fraction of sp³-hybridized carbons (Fsp3) is 0.294. The van der Waals surface area contributed by atoms with Crippen molar-refractivity contribution in [2.75, 3.05) is 6.54 Å². The zero-order valence-corrected chi connectivity index (χ0v) is 13.6. The van der Waals surface area contributed by atoms with E-state index in [1.807, 2.05) is 0 Å². The molecule has 2 amide bonds. The minimum Gasteiger partial charge on any atom is -0.479 e. The van der Waals surface area contributed by atoms with E-state index in [-0.39, 0.29) is 6.54 Å². The lowest BCUT2D eigenvalue weighted by Gasteiger charge is -2.25. The maximum absolute atomic E-state index is 12.6. The smallest absolute Gasteiger partial charge is 0.331 e. The van der Waals surface area contributed by atoms with E-state index in [2.05, 4.69) is 10.4 Å². The largest absolute Gasteiger partial charge is 0.479 e. The molecular weight excluding hydrogens is 324 g/mol. The van der Waals surface area contributed by atoms with E-state index in [4.69, 9.17) is 0 Å². The molecule has 0 saturated carbocycles. The van der Waals surface area contributed by atoms with Crippen LogP contribution in [-0.4, -0.2) is 50.2 Å². The van der Waals surface area contributed by atoms with Gasteiger partial charge in [-0.2, -0.15) is 5.10 Å². The monoisotopic (exact) mass is 342 g/mol. The predicted octanol–water partition coefficient (Wildman–Crippen LogP) is 0.577. The average Bonchev–Trinajstić information content (AvgIpc) is 3.16. The Hall–Kier alpha value is -3.16. The van der Waals surface area contributed by atoms with Crippen molar-refractivity contribution in [3.63, 3.8) is 0 Å². The summed E-state index contributed by atoms with van der Waals surface area (Å²) >= 11 is 0. The molecule has 8 nitrogen and oxygen atoms in total. The van der Waals surface area contributed by atoms with Gasteiger partial charge in [0.2, 0.25) is 5.91 Å². The molecule has 2 atom stereocenters. The summed E-state index contributed by atoms with van der Waals surface area (Å²) in [5, 5.41) is 16.2. The Morgan fingerprint density at radius 1 is 1.28 bits per heavy atom. The van der Waals surface area contributed by atoms with Gasteiger partial charge in [0, 0.05) is 19.8 Å². The zero-order valence-electron chi connectivity index (χ0n) is 13.6. The molecule has 1 aromatic carbocycles. The number of hydrogen-bond acceptors (Lipinski definition) is 4. The van der Waals surface area contributed by atoms with E-state index in [1.54, 1.807) is 43.4 Å². The molecule has 25 heavy (non-hydrogen) atoms. The van der Waals surface area contributed by atoms with Gasteiger partial charge in [0.1, 0.15) is 11.7 Å². The molecule has 0 bridgehead atoms. The van der Waals surface area contributed by atoms with Crippen LogP contribution in [0.1, 0.15) is 28.5 Å². The molecule has 0 aliphatic carbocycles. The van der Waals surface area contributed by atoms with Crippen molar-refractivity contribution in [1.29, 1.82) is 0 Å². The number of hydrogen-bond donors (Lipinski definition) is 2. The number of aryl methyl sites for hydroxylation is 1. The molecule has 2 N–H and O–H groups in total. The van der Waals surface area contributed by atoms with Crippen molar-refractivity contribution in [3.05, 3.63) is 53.9 Å². The molecule has 8 heteroatoms. The minimum absolute atomic E-state index is 0.265. The van der Waals surface area contributed by atoms with Crippen molar-refractivity contribution in [2.45, 2.75) is 18.5 Å². The predicted molar refractivity (Wildman–Crippen MR) is 87.6 cm³/mol. The molecule has 130 valence electrons. The first kappa shape index (κ1) is 16.7. The topological polar surface area (TPSA) is 105 Å². The summed E-state index contributed by atoms with van der Waals surface area (Å²) in [4.78, 5) is 37.9. The molecule has 1 aliphatic rings. The Morgan fingerprint density at radius 3 is 2.60 bits per heavy atom. The lowest BCUT2D eigenvalue weighted by atomic mass is 10.1. The second-order valence-corrected chi connectivity index (χ2v) is 5.84. The highest BCUT2D eigenvalue weighted by Gasteiger charge is 2.40. The van der Waals surface area contributed by atoms with Gasteiger partial charge in [0.05, 0.1) is 0 Å². The molecule has 1 aliphatic heterocycles. The highest BCUT2D eigenvalue weighted by atomic mass is 16.4. The Balaban J connectivity index is 1.75. The van der Waals surface area contributed by atoms with Crippen LogP contribution in [0.2, 0.25) is 0 Å². The van der Waals surface area contributed by atoms with Gasteiger partial charge in [-0.25, -0.2) is 4.79 Å². The van der Waals surface area contributed by atoms with Gasteiger partial charge in [0.25, 0.3) is 5.91 Å². The number of nitrogens with one attached hydrogen (secondary N) is 1. The fourth-order valence-corrected chi connectivity index (χ4v) is 3.01. The summed E-state index contributed by atoms with van der Waals surface area (Å²) in [5.74, 6) is -1.91. The van der Waals surface area contributed by atoms with E-state index in [0.717, 1.165) is 0 Å². The molecule has 2 aromatic rings. The number of benzene rings is 1. The van der Waals surface area contributed by atoms with Crippen LogP contribution in [0.25, 0.3) is 0 Å². The third-order valence-corrected chi connectivity index (χ3v) is 4.26. The molecule has 3 rings (SSSR count). The first-order valence-corrected chi connectivity index (χ1v) is 7.86. The van der Waals surface area contributed by atoms with Crippen molar-refractivity contribution < 1.29 is 19.5 Å². The number of rotatable bonds is 5. The summed E-state index contributed by atoms with van der Waals surface area (Å²) in [6, 6.07) is 8.34. The van der Waals surface area contributed by atoms with Crippen LogP contribution in [0.5, 0.6) is 0 Å². The standard InChI is InChI=1S/C17H18N4O4/c1-20-13(7-9-18-20)15(22)19-12-8-10-21(16(12)23)14(17(24)25)11-5-3-2-4-6-11/h2-7,9,12,14H,8,10H2,1H3,(H,19,22)(H,24,25). The highest BCUT2D eigenvalue weighted by Crippen LogP contribution is 2.26. The first-order valence-electron chi connectivity index (χ1n) is 7.86. The van der Waals surface area contributed by atoms with Crippen LogP contribution in [0.15, 0.2) is 42.6 Å². The van der Waals surface area contributed by atoms with Crippen LogP contribution in [0.4, 0.5) is 0 Å². The van der Waals surface area contributed by atoms with Crippen LogP contribution < -0.4 is 5.32 Å². The number of carboxylic acids is 1. The van der Waals surface area contributed by atoms with Crippen LogP contribution in [0.3, 0.4) is 0 Å². The number of amides is 2. The van der Waals surface area contributed by atoms with Gasteiger partial charge < -0.3 is 15.3 Å². The maximum Gasteiger partial charge on any atom is 0.331 e. The van der Waals surface area contributed by atoms with Gasteiger partial charge >= 0.3 is 5.97 Å². The summed E-state index contributed by atoms with van der Waals surface area (Å²) in [5.41, 5.74) is 0.867. The van der Waals surface area contributed by atoms with E-state index in [0.29, 0.717) is 17.7 Å². The Kier molecular flexibility index (Phi) is 4.51. The zero-order chi connectivity index (χ0) is 18.0. The van der Waals surface area contributed by atoms with Gasteiger partial charge in [0.15, 0.2) is 6.04 Å². The average molecular weight is 342 g/mol. The molecule has 1 saturated heterocycles. The number of carbonyl (C=O) groups excluding carboxylic acids is 2. The quantitative estimate of drug-likeness (QED) is 0.827. The van der Waals surface area contributed by atoms with Crippen LogP contribution in [0, 0.1) is 0 Å². The van der Waals surface area contributed by atoms with Gasteiger partial charge in [-0.05, 0) is 18.1 Å². The first-order chi connectivity index (χ1) is 12.0. The van der Waals surface area contributed by atoms with Crippen molar-refractivity contribution in [3.8, 4) is 0 Å². The van der Waals surface area contributed by atoms with Gasteiger partial charge in [-0.1, -0.05) is 30.3 Å². The SMILES string of the molecule is Cn1nccc1C(=O)NC1CCN(C(C(=O)O)c2ccccc2)C1=O. The second-order valence-electron chi connectivity index (χ2n) is 5.84. The highest BCUT2D eigenvalue weighted by molar-refractivity contribution is 5.97. The minimum atomic E-state index is -1.10. The van der Waals surface area contributed by atoms with Gasteiger partial charge in [-0.3, -0.25) is 14.3 Å². The molecule has 1 fully saturated rings. The number of nitrogens with zero attached hydrogens (tertiary/aromatic N) is 3. The third kappa shape index (κ3) is 3.23. The lowest BCUT2D eigenvalue weighted by molar-refractivity contribution is -0.149. The Bertz CT molecular complexity index is 802. The molecule has 2 heterocycles. The maximum atomic E-state index is 12.6. The van der Waals surface area contributed by atoms with E-state index in [1.165, 1.54) is 15.8 Å². The van der Waals surface area contributed by atoms with Gasteiger partial charge in [-0.15, -0.1) is 0 Å². The summed E-state index contributed by atoms with van der Waals surface area (Å²) in [7, 11) is 1.63. The lowest BCUT2D eigenvalue weighted by Crippen LogP contribution is -2.44. The molecular formula is C17H18N4O4. The fourth-order valence-electron chi connectivity index (χ4n) is 3.01. The summed E-state index contributed by atoms with van der Waals surface area (Å²) in [6.45, 7) is 0.265. The number of carboxylic acid groups (broad SMARTS) is 1. The number of likely N-dealkylation sites (tertiary alicyclic amines) is 1. The molecule has 1 aromatic heterocycles. The number of aromatic nitrogens is 2. The molecule has 0 spiro atoms. The molecule has 2 unspecified atom stereocenters. The molecule has 0 radical (unpaired) electrons. The normalized spacial score (nSPS) is 18.2. The van der Waals surface area contributed by atoms with Crippen molar-refractivity contribution in [2.24, 2.45) is 7.05 Å². The number of carbonyl (C=O) groups is 3. The van der Waals surface area contributed by atoms with Crippen molar-refractivity contribution >= 4 is 17.8 Å². The summed E-state index contributed by atoms with van der Waals surface area (Å²) < 4.78 is 1.41. The van der Waals surface area contributed by atoms with E-state index >= 15 is 0 Å². The van der Waals surface area contributed by atoms with E-state index in [9.17, 15) is 19.5 Å². The van der Waals surface area contributed by atoms with E-state index < -0.39 is 29.9 Å². The third-order valence-electron chi connectivity index (χ3n) is 4.26. The second kappa shape index (κ2) is 6.76. The van der Waals surface area contributed by atoms with Crippen LogP contribution >= 0.6 is 0 Å². The Labute approximate surface area is 144 Å². The van der Waals surface area contributed by atoms with Crippen LogP contribution in [-0.2, 0) is 16.6 Å².